The molecule has 0 fully saturated rings. The summed E-state index contributed by atoms with van der Waals surface area (Å²) in [6, 6.07) is 7.72. The molecule has 0 amide bonds. The number of nitrogens with zero attached hydrogens (tertiary/aromatic N) is 1. The van der Waals surface area contributed by atoms with E-state index in [4.69, 9.17) is 0 Å². The predicted molar refractivity (Wildman–Crippen MR) is 75.1 cm³/mol. The maximum absolute atomic E-state index is 11.3. The molecule has 0 unspecified atom stereocenters. The fourth-order valence-corrected chi connectivity index (χ4v) is 3.57. The van der Waals surface area contributed by atoms with Crippen LogP contribution in [0.2, 0.25) is 0 Å². The highest BCUT2D eigenvalue weighted by molar-refractivity contribution is 7.81. The molecule has 0 saturated heterocycles. The van der Waals surface area contributed by atoms with E-state index in [1.807, 2.05) is 24.3 Å². The molecule has 92 valence electrons. The molecule has 1 aromatic heterocycles. The van der Waals surface area contributed by atoms with Gasteiger partial charge in [-0.3, -0.25) is 4.79 Å². The third-order valence-corrected chi connectivity index (χ3v) is 4.82. The van der Waals surface area contributed by atoms with Gasteiger partial charge in [0.2, 0.25) is 0 Å². The van der Waals surface area contributed by atoms with Crippen LogP contribution >= 0.6 is 24.0 Å². The van der Waals surface area contributed by atoms with Crippen molar-refractivity contribution in [1.29, 1.82) is 0 Å². The molecule has 2 aromatic rings. The van der Waals surface area contributed by atoms with E-state index in [0.717, 1.165) is 10.2 Å². The summed E-state index contributed by atoms with van der Waals surface area (Å²) in [7, 11) is 0. The van der Waals surface area contributed by atoms with Gasteiger partial charge in [-0.05, 0) is 24.3 Å². The van der Waals surface area contributed by atoms with Crippen LogP contribution in [0.25, 0.3) is 10.2 Å². The van der Waals surface area contributed by atoms with Gasteiger partial charge in [0.1, 0.15) is 10.6 Å². The minimum atomic E-state index is -1.25. The van der Waals surface area contributed by atoms with Gasteiger partial charge in [0.05, 0.1) is 10.2 Å². The zero-order valence-electron chi connectivity index (χ0n) is 9.41. The third-order valence-electron chi connectivity index (χ3n) is 3.06. The highest BCUT2D eigenvalue weighted by Crippen LogP contribution is 2.38. The minimum Gasteiger partial charge on any atom is -0.377 e. The topological polar surface area (TPSA) is 50.2 Å². The van der Waals surface area contributed by atoms with Crippen LogP contribution in [0.3, 0.4) is 0 Å². The Morgan fingerprint density at radius 1 is 1.44 bits per heavy atom. The smallest absolute Gasteiger partial charge is 0.156 e. The largest absolute Gasteiger partial charge is 0.377 e. The first-order valence-electron chi connectivity index (χ1n) is 5.58. The Bertz CT molecular complexity index is 616. The van der Waals surface area contributed by atoms with E-state index in [2.05, 4.69) is 17.6 Å². The van der Waals surface area contributed by atoms with Gasteiger partial charge in [-0.1, -0.05) is 12.1 Å². The average Bonchev–Trinajstić information content (AvgIpc) is 2.78. The molecule has 0 aliphatic heterocycles. The summed E-state index contributed by atoms with van der Waals surface area (Å²) in [4.78, 5) is 15.7. The van der Waals surface area contributed by atoms with E-state index in [-0.39, 0.29) is 12.2 Å². The molecule has 3 nitrogen and oxygen atoms in total. The molecule has 18 heavy (non-hydrogen) atoms. The highest BCUT2D eigenvalue weighted by Gasteiger charge is 2.40. The Balaban J connectivity index is 2.13. The molecule has 1 N–H and O–H groups in total. The van der Waals surface area contributed by atoms with Crippen LogP contribution in [-0.2, 0) is 10.4 Å². The summed E-state index contributed by atoms with van der Waals surface area (Å²) in [6.07, 6.45) is 3.15. The van der Waals surface area contributed by atoms with Crippen molar-refractivity contribution in [2.45, 2.75) is 17.3 Å². The molecule has 3 rings (SSSR count). The van der Waals surface area contributed by atoms with Crippen LogP contribution in [0.1, 0.15) is 11.4 Å². The summed E-state index contributed by atoms with van der Waals surface area (Å²) in [5.41, 5.74) is -0.391. The lowest BCUT2D eigenvalue weighted by molar-refractivity contribution is -0.116. The number of benzene rings is 1. The molecule has 0 radical (unpaired) electrons. The third kappa shape index (κ3) is 1.79. The first kappa shape index (κ1) is 11.9. The summed E-state index contributed by atoms with van der Waals surface area (Å²) in [5.74, 6) is -0.0132. The van der Waals surface area contributed by atoms with E-state index in [9.17, 15) is 9.90 Å². The zero-order valence-corrected chi connectivity index (χ0v) is 11.1. The SMILES string of the molecule is O=C1C=C[C@](O)(c2nc3ccccc3s2)[C@H](S)C1. The van der Waals surface area contributed by atoms with Gasteiger partial charge in [0, 0.05) is 11.7 Å². The van der Waals surface area contributed by atoms with Crippen LogP contribution < -0.4 is 0 Å². The van der Waals surface area contributed by atoms with Crippen LogP contribution in [0.5, 0.6) is 0 Å². The second-order valence-electron chi connectivity index (χ2n) is 4.33. The Hall–Kier alpha value is -1.17. The van der Waals surface area contributed by atoms with Gasteiger partial charge >= 0.3 is 0 Å². The van der Waals surface area contributed by atoms with Crippen molar-refractivity contribution in [3.63, 3.8) is 0 Å². The van der Waals surface area contributed by atoms with Gasteiger partial charge in [0.25, 0.3) is 0 Å². The summed E-state index contributed by atoms with van der Waals surface area (Å²) in [6.45, 7) is 0. The molecule has 1 heterocycles. The highest BCUT2D eigenvalue weighted by atomic mass is 32.1. The quantitative estimate of drug-likeness (QED) is 0.786. The lowest BCUT2D eigenvalue weighted by atomic mass is 9.90. The standard InChI is InChI=1S/C13H11NO2S2/c15-8-5-6-13(16,11(17)7-8)12-14-9-3-1-2-4-10(9)18-12/h1-6,11,16-17H,7H2/t11-,13-/m1/s1. The van der Waals surface area contributed by atoms with E-state index in [1.165, 1.54) is 23.5 Å². The van der Waals surface area contributed by atoms with Crippen molar-refractivity contribution in [2.24, 2.45) is 0 Å². The van der Waals surface area contributed by atoms with Gasteiger partial charge in [0.15, 0.2) is 5.78 Å². The van der Waals surface area contributed by atoms with Crippen LogP contribution in [0, 0.1) is 0 Å². The normalized spacial score (nSPS) is 27.9. The summed E-state index contributed by atoms with van der Waals surface area (Å²) in [5, 5.41) is 10.8. The number of carbonyl (C=O) groups excluding carboxylic acids is 1. The maximum Gasteiger partial charge on any atom is 0.156 e. The number of thiol groups is 1. The van der Waals surface area contributed by atoms with E-state index >= 15 is 0 Å². The predicted octanol–water partition coefficient (Wildman–Crippen LogP) is 2.31. The number of aliphatic hydroxyl groups is 1. The average molecular weight is 277 g/mol. The lowest BCUT2D eigenvalue weighted by Gasteiger charge is -2.30. The minimum absolute atomic E-state index is 0.0132. The fraction of sp³-hybridized carbons (Fsp3) is 0.231. The molecular weight excluding hydrogens is 266 g/mol. The van der Waals surface area contributed by atoms with E-state index < -0.39 is 10.9 Å². The molecule has 0 bridgehead atoms. The fourth-order valence-electron chi connectivity index (χ4n) is 2.00. The molecule has 2 atom stereocenters. The van der Waals surface area contributed by atoms with E-state index in [0.29, 0.717) is 5.01 Å². The number of allylic oxidation sites excluding steroid dienone is 1. The molecule has 1 aliphatic rings. The van der Waals surface area contributed by atoms with Gasteiger partial charge in [-0.15, -0.1) is 11.3 Å². The second kappa shape index (κ2) is 4.19. The number of fused-ring (bicyclic) bond motifs is 1. The molecular formula is C13H11NO2S2. The van der Waals surface area contributed by atoms with Crippen molar-refractivity contribution in [1.82, 2.24) is 4.98 Å². The first-order valence-corrected chi connectivity index (χ1v) is 6.91. The Morgan fingerprint density at radius 3 is 2.94 bits per heavy atom. The molecule has 1 aromatic carbocycles. The summed E-state index contributed by atoms with van der Waals surface area (Å²) >= 11 is 5.77. The van der Waals surface area contributed by atoms with Crippen molar-refractivity contribution < 1.29 is 9.90 Å². The van der Waals surface area contributed by atoms with E-state index in [1.54, 1.807) is 0 Å². The Kier molecular flexibility index (Phi) is 2.77. The Labute approximate surface area is 114 Å². The van der Waals surface area contributed by atoms with Crippen LogP contribution in [0.4, 0.5) is 0 Å². The number of hydrogen-bond acceptors (Lipinski definition) is 5. The van der Waals surface area contributed by atoms with Crippen molar-refractivity contribution in [2.75, 3.05) is 0 Å². The van der Waals surface area contributed by atoms with Crippen molar-refractivity contribution in [3.8, 4) is 0 Å². The first-order chi connectivity index (χ1) is 8.59. The van der Waals surface area contributed by atoms with Gasteiger partial charge in [-0.2, -0.15) is 12.6 Å². The van der Waals surface area contributed by atoms with Crippen LogP contribution in [0.15, 0.2) is 36.4 Å². The Morgan fingerprint density at radius 2 is 2.22 bits per heavy atom. The maximum atomic E-state index is 11.3. The lowest BCUT2D eigenvalue weighted by Crippen LogP contribution is -2.38. The number of ketones is 1. The molecule has 1 aliphatic carbocycles. The molecule has 5 heteroatoms. The number of hydrogen-bond donors (Lipinski definition) is 2. The van der Waals surface area contributed by atoms with Crippen LogP contribution in [-0.4, -0.2) is 21.1 Å². The second-order valence-corrected chi connectivity index (χ2v) is 5.99. The monoisotopic (exact) mass is 277 g/mol. The molecule has 0 spiro atoms. The van der Waals surface area contributed by atoms with Crippen molar-refractivity contribution >= 4 is 40.0 Å². The number of para-hydroxylation sites is 1. The van der Waals surface area contributed by atoms with Gasteiger partial charge < -0.3 is 5.11 Å². The van der Waals surface area contributed by atoms with Crippen molar-refractivity contribution in [3.05, 3.63) is 41.4 Å². The summed E-state index contributed by atoms with van der Waals surface area (Å²) < 4.78 is 1.02. The number of rotatable bonds is 1. The number of aromatic nitrogens is 1. The molecule has 0 saturated carbocycles. The number of thiazole rings is 1. The zero-order chi connectivity index (χ0) is 12.8. The van der Waals surface area contributed by atoms with Gasteiger partial charge in [-0.25, -0.2) is 4.98 Å². The number of carbonyl (C=O) groups is 1.